The molecule has 3 aromatic rings. The monoisotopic (exact) mass is 358 g/mol. The van der Waals surface area contributed by atoms with Crippen molar-refractivity contribution in [3.63, 3.8) is 0 Å². The summed E-state index contributed by atoms with van der Waals surface area (Å²) in [5, 5.41) is 2.40. The first-order valence-corrected chi connectivity index (χ1v) is 9.71. The highest BCUT2D eigenvalue weighted by molar-refractivity contribution is 5.93. The van der Waals surface area contributed by atoms with E-state index in [4.69, 9.17) is 4.74 Å². The van der Waals surface area contributed by atoms with Crippen LogP contribution in [0.3, 0.4) is 0 Å². The van der Waals surface area contributed by atoms with E-state index in [2.05, 4.69) is 65.4 Å². The lowest BCUT2D eigenvalue weighted by molar-refractivity contribution is 0.415. The number of anilines is 1. The highest BCUT2D eigenvalue weighted by atomic mass is 16.5. The van der Waals surface area contributed by atoms with Gasteiger partial charge in [-0.05, 0) is 72.4 Å². The first-order chi connectivity index (χ1) is 13.2. The van der Waals surface area contributed by atoms with Gasteiger partial charge < -0.3 is 9.64 Å². The minimum absolute atomic E-state index is 0.879. The van der Waals surface area contributed by atoms with E-state index in [1.807, 2.05) is 12.3 Å². The fraction of sp³-hybridized carbons (Fsp3) is 0.292. The largest absolute Gasteiger partial charge is 0.497 e. The lowest BCUT2D eigenvalue weighted by Crippen LogP contribution is -2.30. The zero-order valence-corrected chi connectivity index (χ0v) is 16.1. The fourth-order valence-electron chi connectivity index (χ4n) is 3.82. The van der Waals surface area contributed by atoms with Gasteiger partial charge in [-0.3, -0.25) is 4.98 Å². The van der Waals surface area contributed by atoms with E-state index in [0.29, 0.717) is 0 Å². The Hall–Kier alpha value is -2.81. The minimum atomic E-state index is 0.879. The van der Waals surface area contributed by atoms with Crippen molar-refractivity contribution in [1.82, 2.24) is 4.98 Å². The van der Waals surface area contributed by atoms with Gasteiger partial charge >= 0.3 is 0 Å². The van der Waals surface area contributed by atoms with Gasteiger partial charge in [-0.25, -0.2) is 0 Å². The molecular formula is C24H26N2O. The lowest BCUT2D eigenvalue weighted by Gasteiger charge is -2.30. The number of piperidine rings is 1. The van der Waals surface area contributed by atoms with Crippen LogP contribution < -0.4 is 9.64 Å². The van der Waals surface area contributed by atoms with Crippen molar-refractivity contribution in [2.24, 2.45) is 0 Å². The molecule has 0 bridgehead atoms. The second kappa shape index (κ2) is 7.83. The predicted octanol–water partition coefficient (Wildman–Crippen LogP) is 5.71. The molecule has 1 aromatic heterocycles. The topological polar surface area (TPSA) is 25.4 Å². The average molecular weight is 358 g/mol. The number of fused-ring (bicyclic) bond motifs is 1. The van der Waals surface area contributed by atoms with Gasteiger partial charge in [-0.15, -0.1) is 0 Å². The SMILES string of the molecule is COc1ccc2cccc(C=Cc3cc(N4CCCCC4)c(C)cn3)c2c1. The van der Waals surface area contributed by atoms with Crippen molar-refractivity contribution in [1.29, 1.82) is 0 Å². The summed E-state index contributed by atoms with van der Waals surface area (Å²) in [6, 6.07) is 14.8. The van der Waals surface area contributed by atoms with Crippen LogP contribution in [0, 0.1) is 6.92 Å². The molecule has 0 amide bonds. The lowest BCUT2D eigenvalue weighted by atomic mass is 10.0. The summed E-state index contributed by atoms with van der Waals surface area (Å²) in [4.78, 5) is 7.13. The van der Waals surface area contributed by atoms with Crippen LogP contribution >= 0.6 is 0 Å². The molecule has 4 rings (SSSR count). The Morgan fingerprint density at radius 1 is 1.00 bits per heavy atom. The van der Waals surface area contributed by atoms with Crippen molar-refractivity contribution < 1.29 is 4.74 Å². The van der Waals surface area contributed by atoms with Crippen LogP contribution in [0.2, 0.25) is 0 Å². The highest BCUT2D eigenvalue weighted by Crippen LogP contribution is 2.27. The summed E-state index contributed by atoms with van der Waals surface area (Å²) in [5.74, 6) is 0.879. The van der Waals surface area contributed by atoms with Crippen LogP contribution in [-0.4, -0.2) is 25.2 Å². The molecule has 1 aliphatic heterocycles. The number of aromatic nitrogens is 1. The Bertz CT molecular complexity index is 971. The van der Waals surface area contributed by atoms with Crippen LogP contribution in [0.5, 0.6) is 5.75 Å². The molecular weight excluding hydrogens is 332 g/mol. The van der Waals surface area contributed by atoms with Gasteiger partial charge in [-0.1, -0.05) is 30.3 Å². The Morgan fingerprint density at radius 2 is 1.85 bits per heavy atom. The molecule has 0 unspecified atom stereocenters. The van der Waals surface area contributed by atoms with Gasteiger partial charge in [0.1, 0.15) is 5.75 Å². The normalized spacial score (nSPS) is 14.8. The van der Waals surface area contributed by atoms with Crippen molar-refractivity contribution in [2.75, 3.05) is 25.1 Å². The molecule has 0 atom stereocenters. The third-order valence-electron chi connectivity index (χ3n) is 5.35. The van der Waals surface area contributed by atoms with Gasteiger partial charge in [0.05, 0.1) is 12.8 Å². The molecule has 3 heteroatoms. The third kappa shape index (κ3) is 3.82. The number of pyridine rings is 1. The van der Waals surface area contributed by atoms with Gasteiger partial charge in [0.25, 0.3) is 0 Å². The number of rotatable bonds is 4. The van der Waals surface area contributed by atoms with Crippen LogP contribution in [0.25, 0.3) is 22.9 Å². The standard InChI is InChI=1S/C24H26N2O/c1-18-17-25-21(15-24(18)26-13-4-3-5-14-26)11-9-19-7-6-8-20-10-12-22(27-2)16-23(19)20/h6-12,15-17H,3-5,13-14H2,1-2H3. The first kappa shape index (κ1) is 17.6. The Kier molecular flexibility index (Phi) is 5.10. The summed E-state index contributed by atoms with van der Waals surface area (Å²) in [6.45, 7) is 4.45. The maximum Gasteiger partial charge on any atom is 0.119 e. The van der Waals surface area contributed by atoms with E-state index in [0.717, 1.165) is 24.5 Å². The van der Waals surface area contributed by atoms with E-state index < -0.39 is 0 Å². The zero-order valence-electron chi connectivity index (χ0n) is 16.1. The molecule has 0 saturated carbocycles. The zero-order chi connectivity index (χ0) is 18.6. The van der Waals surface area contributed by atoms with E-state index in [1.54, 1.807) is 7.11 Å². The van der Waals surface area contributed by atoms with E-state index in [1.165, 1.54) is 46.8 Å². The fourth-order valence-corrected chi connectivity index (χ4v) is 3.82. The predicted molar refractivity (Wildman–Crippen MR) is 114 cm³/mol. The van der Waals surface area contributed by atoms with Gasteiger partial charge in [0.2, 0.25) is 0 Å². The summed E-state index contributed by atoms with van der Waals surface area (Å²) in [7, 11) is 1.71. The second-order valence-electron chi connectivity index (χ2n) is 7.21. The van der Waals surface area contributed by atoms with Crippen LogP contribution in [0.1, 0.15) is 36.1 Å². The summed E-state index contributed by atoms with van der Waals surface area (Å²) in [6.07, 6.45) is 10.2. The third-order valence-corrected chi connectivity index (χ3v) is 5.35. The van der Waals surface area contributed by atoms with Gasteiger partial charge in [-0.2, -0.15) is 0 Å². The number of benzene rings is 2. The molecule has 1 saturated heterocycles. The van der Waals surface area contributed by atoms with Crippen LogP contribution in [0.4, 0.5) is 5.69 Å². The maximum absolute atomic E-state index is 5.39. The minimum Gasteiger partial charge on any atom is -0.497 e. The molecule has 0 spiro atoms. The molecule has 138 valence electrons. The number of nitrogens with zero attached hydrogens (tertiary/aromatic N) is 2. The van der Waals surface area contributed by atoms with Crippen LogP contribution in [-0.2, 0) is 0 Å². The van der Waals surface area contributed by atoms with Crippen LogP contribution in [0.15, 0.2) is 48.7 Å². The highest BCUT2D eigenvalue weighted by Gasteiger charge is 2.13. The summed E-state index contributed by atoms with van der Waals surface area (Å²) in [5.41, 5.74) is 4.75. The Morgan fingerprint density at radius 3 is 2.67 bits per heavy atom. The van der Waals surface area contributed by atoms with Crippen molar-refractivity contribution >= 4 is 28.6 Å². The van der Waals surface area contributed by atoms with Crippen molar-refractivity contribution in [3.05, 3.63) is 65.5 Å². The van der Waals surface area contributed by atoms with Crippen molar-refractivity contribution in [3.8, 4) is 5.75 Å². The number of ether oxygens (including phenoxy) is 1. The first-order valence-electron chi connectivity index (χ1n) is 9.71. The summed E-state index contributed by atoms with van der Waals surface area (Å²) >= 11 is 0. The Balaban J connectivity index is 1.66. The van der Waals surface area contributed by atoms with Crippen molar-refractivity contribution in [2.45, 2.75) is 26.2 Å². The quantitative estimate of drug-likeness (QED) is 0.597. The molecule has 0 N–H and O–H groups in total. The average Bonchev–Trinajstić information content (AvgIpc) is 2.73. The number of hydrogen-bond acceptors (Lipinski definition) is 3. The van der Waals surface area contributed by atoms with Gasteiger partial charge in [0, 0.05) is 25.0 Å². The maximum atomic E-state index is 5.39. The van der Waals surface area contributed by atoms with Gasteiger partial charge in [0.15, 0.2) is 0 Å². The molecule has 27 heavy (non-hydrogen) atoms. The number of aryl methyl sites for hydroxylation is 1. The molecule has 2 aromatic carbocycles. The number of hydrogen-bond donors (Lipinski definition) is 0. The number of methoxy groups -OCH3 is 1. The molecule has 2 heterocycles. The van der Waals surface area contributed by atoms with E-state index >= 15 is 0 Å². The van der Waals surface area contributed by atoms with E-state index in [9.17, 15) is 0 Å². The Labute approximate surface area is 161 Å². The molecule has 1 aliphatic rings. The molecule has 1 fully saturated rings. The molecule has 0 aliphatic carbocycles. The smallest absolute Gasteiger partial charge is 0.119 e. The second-order valence-corrected chi connectivity index (χ2v) is 7.21. The molecule has 3 nitrogen and oxygen atoms in total. The summed E-state index contributed by atoms with van der Waals surface area (Å²) < 4.78 is 5.39. The van der Waals surface area contributed by atoms with E-state index in [-0.39, 0.29) is 0 Å². The molecule has 0 radical (unpaired) electrons.